The lowest BCUT2D eigenvalue weighted by atomic mass is 9.88. The summed E-state index contributed by atoms with van der Waals surface area (Å²) in [6.45, 7) is 14.2. The van der Waals surface area contributed by atoms with E-state index in [4.69, 9.17) is 4.74 Å². The van der Waals surface area contributed by atoms with Crippen LogP contribution in [0.4, 0.5) is 4.79 Å². The minimum absolute atomic E-state index is 0.0114. The fourth-order valence-electron chi connectivity index (χ4n) is 3.38. The third kappa shape index (κ3) is 6.17. The molecule has 0 aromatic carbocycles. The molecular weight excluding hydrogens is 320 g/mol. The molecule has 1 fully saturated rings. The van der Waals surface area contributed by atoms with Crippen LogP contribution in [0.5, 0.6) is 0 Å². The Morgan fingerprint density at radius 1 is 1.24 bits per heavy atom. The molecule has 0 unspecified atom stereocenters. The third-order valence-corrected chi connectivity index (χ3v) is 4.46. The maximum absolute atomic E-state index is 12.9. The van der Waals surface area contributed by atoms with Crippen molar-refractivity contribution in [3.63, 3.8) is 0 Å². The fraction of sp³-hybridized carbons (Fsp3) is 0.895. The van der Waals surface area contributed by atoms with E-state index >= 15 is 0 Å². The van der Waals surface area contributed by atoms with Crippen molar-refractivity contribution in [2.24, 2.45) is 5.41 Å². The van der Waals surface area contributed by atoms with Gasteiger partial charge in [0, 0.05) is 13.1 Å². The number of carbonyl (C=O) groups is 2. The molecule has 0 radical (unpaired) electrons. The van der Waals surface area contributed by atoms with E-state index in [1.54, 1.807) is 4.90 Å². The summed E-state index contributed by atoms with van der Waals surface area (Å²) in [5.74, 6) is -0.202. The SMILES string of the molecule is CC[C@@]1(C(=O)NC[C@@H](O)CC(C)(C)C)CCCN1C(=O)OC(C)(C)C. The van der Waals surface area contributed by atoms with Crippen molar-refractivity contribution >= 4 is 12.0 Å². The Hall–Kier alpha value is -1.30. The van der Waals surface area contributed by atoms with E-state index in [1.165, 1.54) is 0 Å². The molecule has 2 atom stereocenters. The maximum Gasteiger partial charge on any atom is 0.411 e. The van der Waals surface area contributed by atoms with E-state index in [-0.39, 0.29) is 17.9 Å². The monoisotopic (exact) mass is 356 g/mol. The number of hydrogen-bond acceptors (Lipinski definition) is 4. The molecule has 146 valence electrons. The number of amides is 2. The molecule has 1 aliphatic heterocycles. The molecule has 0 aromatic heterocycles. The zero-order chi connectivity index (χ0) is 19.5. The van der Waals surface area contributed by atoms with Crippen LogP contribution in [0, 0.1) is 5.41 Å². The van der Waals surface area contributed by atoms with E-state index in [0.717, 1.165) is 6.42 Å². The van der Waals surface area contributed by atoms with Gasteiger partial charge in [0.2, 0.25) is 5.91 Å². The van der Waals surface area contributed by atoms with Gasteiger partial charge in [0.15, 0.2) is 0 Å². The van der Waals surface area contributed by atoms with Gasteiger partial charge in [-0.15, -0.1) is 0 Å². The first-order valence-electron chi connectivity index (χ1n) is 9.28. The topological polar surface area (TPSA) is 78.9 Å². The van der Waals surface area contributed by atoms with Gasteiger partial charge in [0.1, 0.15) is 11.1 Å². The smallest absolute Gasteiger partial charge is 0.411 e. The molecule has 1 heterocycles. The second-order valence-electron chi connectivity index (χ2n) is 9.25. The minimum atomic E-state index is -0.885. The summed E-state index contributed by atoms with van der Waals surface area (Å²) in [6.07, 6.45) is 1.46. The van der Waals surface area contributed by atoms with Gasteiger partial charge >= 0.3 is 6.09 Å². The Morgan fingerprint density at radius 2 is 1.84 bits per heavy atom. The van der Waals surface area contributed by atoms with Crippen molar-refractivity contribution < 1.29 is 19.4 Å². The molecular formula is C19H36N2O4. The number of nitrogens with zero attached hydrogens (tertiary/aromatic N) is 1. The van der Waals surface area contributed by atoms with E-state index in [1.807, 2.05) is 48.5 Å². The van der Waals surface area contributed by atoms with Crippen LogP contribution in [0.25, 0.3) is 0 Å². The molecule has 0 saturated carbocycles. The van der Waals surface area contributed by atoms with Crippen LogP contribution in [-0.2, 0) is 9.53 Å². The molecule has 0 aromatic rings. The zero-order valence-corrected chi connectivity index (χ0v) is 16.9. The summed E-state index contributed by atoms with van der Waals surface area (Å²) in [6, 6.07) is 0. The maximum atomic E-state index is 12.9. The molecule has 25 heavy (non-hydrogen) atoms. The third-order valence-electron chi connectivity index (χ3n) is 4.46. The summed E-state index contributed by atoms with van der Waals surface area (Å²) in [5.41, 5.74) is -1.50. The highest BCUT2D eigenvalue weighted by Crippen LogP contribution is 2.34. The van der Waals surface area contributed by atoms with Crippen LogP contribution in [0.15, 0.2) is 0 Å². The highest BCUT2D eigenvalue weighted by atomic mass is 16.6. The summed E-state index contributed by atoms with van der Waals surface area (Å²) < 4.78 is 5.48. The Morgan fingerprint density at radius 3 is 2.32 bits per heavy atom. The second-order valence-corrected chi connectivity index (χ2v) is 9.25. The zero-order valence-electron chi connectivity index (χ0n) is 16.9. The molecule has 1 saturated heterocycles. The number of carbonyl (C=O) groups excluding carboxylic acids is 2. The first-order valence-corrected chi connectivity index (χ1v) is 9.28. The molecule has 1 rings (SSSR count). The van der Waals surface area contributed by atoms with Gasteiger partial charge in [-0.1, -0.05) is 27.7 Å². The van der Waals surface area contributed by atoms with Gasteiger partial charge in [-0.2, -0.15) is 0 Å². The van der Waals surface area contributed by atoms with Crippen molar-refractivity contribution in [1.29, 1.82) is 0 Å². The predicted molar refractivity (Wildman–Crippen MR) is 98.3 cm³/mol. The van der Waals surface area contributed by atoms with Gasteiger partial charge in [-0.05, 0) is 51.9 Å². The van der Waals surface area contributed by atoms with E-state index in [0.29, 0.717) is 25.8 Å². The van der Waals surface area contributed by atoms with Crippen molar-refractivity contribution in [1.82, 2.24) is 10.2 Å². The molecule has 0 bridgehead atoms. The lowest BCUT2D eigenvalue weighted by Gasteiger charge is -2.37. The number of ether oxygens (including phenoxy) is 1. The number of rotatable bonds is 5. The van der Waals surface area contributed by atoms with E-state index in [9.17, 15) is 14.7 Å². The van der Waals surface area contributed by atoms with Gasteiger partial charge in [0.05, 0.1) is 6.10 Å². The Labute approximate surface area is 152 Å². The van der Waals surface area contributed by atoms with Crippen LogP contribution in [0.3, 0.4) is 0 Å². The number of nitrogens with one attached hydrogen (secondary N) is 1. The summed E-state index contributed by atoms with van der Waals surface area (Å²) in [4.78, 5) is 27.0. The minimum Gasteiger partial charge on any atom is -0.444 e. The fourth-order valence-corrected chi connectivity index (χ4v) is 3.38. The largest absolute Gasteiger partial charge is 0.444 e. The van der Waals surface area contributed by atoms with Crippen molar-refractivity contribution in [3.8, 4) is 0 Å². The summed E-state index contributed by atoms with van der Waals surface area (Å²) >= 11 is 0. The lowest BCUT2D eigenvalue weighted by molar-refractivity contribution is -0.132. The first-order chi connectivity index (χ1) is 11.3. The molecule has 1 aliphatic rings. The van der Waals surface area contributed by atoms with Crippen molar-refractivity contribution in [2.75, 3.05) is 13.1 Å². The Balaban J connectivity index is 2.79. The lowest BCUT2D eigenvalue weighted by Crippen LogP contribution is -2.58. The van der Waals surface area contributed by atoms with Crippen LogP contribution >= 0.6 is 0 Å². The molecule has 2 N–H and O–H groups in total. The number of aliphatic hydroxyl groups is 1. The molecule has 2 amide bonds. The van der Waals surface area contributed by atoms with E-state index < -0.39 is 23.3 Å². The quantitative estimate of drug-likeness (QED) is 0.793. The molecule has 6 nitrogen and oxygen atoms in total. The van der Waals surface area contributed by atoms with Crippen molar-refractivity contribution in [3.05, 3.63) is 0 Å². The summed E-state index contributed by atoms with van der Waals surface area (Å²) in [7, 11) is 0. The number of aliphatic hydroxyl groups excluding tert-OH is 1. The average molecular weight is 357 g/mol. The van der Waals surface area contributed by atoms with Gasteiger partial charge < -0.3 is 15.2 Å². The first kappa shape index (κ1) is 21.7. The van der Waals surface area contributed by atoms with Crippen LogP contribution < -0.4 is 5.32 Å². The van der Waals surface area contributed by atoms with Crippen molar-refractivity contribution in [2.45, 2.75) is 91.4 Å². The van der Waals surface area contributed by atoms with Crippen LogP contribution in [-0.4, -0.2) is 52.3 Å². The number of hydrogen-bond donors (Lipinski definition) is 2. The van der Waals surface area contributed by atoms with Crippen LogP contribution in [0.1, 0.15) is 74.1 Å². The normalized spacial score (nSPS) is 22.6. The second kappa shape index (κ2) is 7.94. The highest BCUT2D eigenvalue weighted by Gasteiger charge is 2.49. The Kier molecular flexibility index (Phi) is 6.90. The van der Waals surface area contributed by atoms with Gasteiger partial charge in [-0.3, -0.25) is 9.69 Å². The standard InChI is InChI=1S/C19H36N2O4/c1-8-19(15(23)20-13-14(22)12-17(2,3)4)10-9-11-21(19)16(24)25-18(5,6)7/h14,22H,8-13H2,1-7H3,(H,20,23)/t14-,19-/m0/s1. The van der Waals surface area contributed by atoms with Crippen LogP contribution in [0.2, 0.25) is 0 Å². The summed E-state index contributed by atoms with van der Waals surface area (Å²) in [5, 5.41) is 13.0. The predicted octanol–water partition coefficient (Wildman–Crippen LogP) is 3.08. The Bertz CT molecular complexity index is 479. The number of likely N-dealkylation sites (tertiary alicyclic amines) is 1. The average Bonchev–Trinajstić information content (AvgIpc) is 2.86. The highest BCUT2D eigenvalue weighted by molar-refractivity contribution is 5.90. The van der Waals surface area contributed by atoms with Gasteiger partial charge in [0.25, 0.3) is 0 Å². The molecule has 0 aliphatic carbocycles. The molecule has 0 spiro atoms. The van der Waals surface area contributed by atoms with E-state index in [2.05, 4.69) is 5.32 Å². The molecule has 6 heteroatoms. The van der Waals surface area contributed by atoms with Gasteiger partial charge in [-0.25, -0.2) is 4.79 Å².